The average molecular weight is 412 g/mol. The summed E-state index contributed by atoms with van der Waals surface area (Å²) in [6.07, 6.45) is 0. The second-order valence-corrected chi connectivity index (χ2v) is 7.80. The summed E-state index contributed by atoms with van der Waals surface area (Å²) in [4.78, 5) is 39.1. The van der Waals surface area contributed by atoms with Crippen molar-refractivity contribution < 1.29 is 14.4 Å². The van der Waals surface area contributed by atoms with Crippen molar-refractivity contribution in [2.45, 2.75) is 19.0 Å². The highest BCUT2D eigenvalue weighted by molar-refractivity contribution is 7.09. The smallest absolute Gasteiger partial charge is 0.325 e. The molecule has 1 saturated heterocycles. The number of rotatable bonds is 5. The first kappa shape index (κ1) is 18.7. The number of hydrogen-bond acceptors (Lipinski definition) is 4. The molecule has 136 valence electrons. The van der Waals surface area contributed by atoms with Gasteiger partial charge in [-0.15, -0.1) is 11.3 Å². The number of benzene rings is 1. The highest BCUT2D eigenvalue weighted by Gasteiger charge is 2.50. The standard InChI is InChI=1S/C17H15Cl2N3O3S/c1-17(12-5-4-10(18)7-13(12)19)15(24)22(16(25)21-17)9-14(23)20-8-11-3-2-6-26-11/h2-7H,8-9H2,1H3,(H,20,23)(H,21,25)/t17-/m1/s1. The Morgan fingerprint density at radius 1 is 1.31 bits per heavy atom. The van der Waals surface area contributed by atoms with E-state index in [1.165, 1.54) is 17.4 Å². The van der Waals surface area contributed by atoms with Gasteiger partial charge in [0.05, 0.1) is 6.54 Å². The van der Waals surface area contributed by atoms with Gasteiger partial charge in [-0.3, -0.25) is 14.5 Å². The Bertz CT molecular complexity index is 872. The fourth-order valence-corrected chi connectivity index (χ4v) is 3.96. The molecule has 2 heterocycles. The van der Waals surface area contributed by atoms with E-state index in [0.717, 1.165) is 9.78 Å². The first-order valence-electron chi connectivity index (χ1n) is 7.70. The second kappa shape index (κ2) is 7.26. The lowest BCUT2D eigenvalue weighted by Gasteiger charge is -2.23. The number of carbonyl (C=O) groups is 3. The number of halogens is 2. The number of nitrogens with zero attached hydrogens (tertiary/aromatic N) is 1. The third kappa shape index (κ3) is 3.56. The molecule has 9 heteroatoms. The number of amides is 4. The second-order valence-electron chi connectivity index (χ2n) is 5.93. The van der Waals surface area contributed by atoms with E-state index in [1.54, 1.807) is 19.1 Å². The Labute approximate surface area is 164 Å². The van der Waals surface area contributed by atoms with Crippen molar-refractivity contribution in [3.63, 3.8) is 0 Å². The van der Waals surface area contributed by atoms with Crippen molar-refractivity contribution >= 4 is 52.4 Å². The predicted molar refractivity (Wildman–Crippen MR) is 100 cm³/mol. The molecule has 2 aromatic rings. The monoisotopic (exact) mass is 411 g/mol. The molecule has 2 N–H and O–H groups in total. The van der Waals surface area contributed by atoms with Gasteiger partial charge in [0.25, 0.3) is 5.91 Å². The van der Waals surface area contributed by atoms with Crippen LogP contribution in [-0.2, 0) is 21.7 Å². The number of thiophene rings is 1. The summed E-state index contributed by atoms with van der Waals surface area (Å²) in [7, 11) is 0. The van der Waals surface area contributed by atoms with Gasteiger partial charge in [-0.1, -0.05) is 35.3 Å². The summed E-state index contributed by atoms with van der Waals surface area (Å²) in [5, 5.41) is 7.89. The molecule has 1 aliphatic heterocycles. The molecule has 26 heavy (non-hydrogen) atoms. The fourth-order valence-electron chi connectivity index (χ4n) is 2.72. The Morgan fingerprint density at radius 2 is 2.08 bits per heavy atom. The first-order valence-corrected chi connectivity index (χ1v) is 9.33. The molecule has 1 aliphatic rings. The van der Waals surface area contributed by atoms with Crippen LogP contribution in [0, 0.1) is 0 Å². The highest BCUT2D eigenvalue weighted by atomic mass is 35.5. The Kier molecular flexibility index (Phi) is 5.22. The SMILES string of the molecule is C[C@]1(c2ccc(Cl)cc2Cl)NC(=O)N(CC(=O)NCc2cccs2)C1=O. The molecule has 3 rings (SSSR count). The molecule has 0 bridgehead atoms. The van der Waals surface area contributed by atoms with E-state index in [0.29, 0.717) is 17.1 Å². The van der Waals surface area contributed by atoms with Crippen molar-refractivity contribution in [3.05, 3.63) is 56.2 Å². The van der Waals surface area contributed by atoms with Gasteiger partial charge < -0.3 is 10.6 Å². The third-order valence-corrected chi connectivity index (χ3v) is 5.51. The van der Waals surface area contributed by atoms with Gasteiger partial charge in [0.1, 0.15) is 12.1 Å². The van der Waals surface area contributed by atoms with E-state index in [1.807, 2.05) is 17.5 Å². The first-order chi connectivity index (χ1) is 12.3. The minimum atomic E-state index is -1.35. The third-order valence-electron chi connectivity index (χ3n) is 4.09. The van der Waals surface area contributed by atoms with Gasteiger partial charge in [0.2, 0.25) is 5.91 Å². The summed E-state index contributed by atoms with van der Waals surface area (Å²) in [5.41, 5.74) is -0.935. The molecule has 1 atom stereocenters. The van der Waals surface area contributed by atoms with Gasteiger partial charge in [0, 0.05) is 20.5 Å². The summed E-state index contributed by atoms with van der Waals surface area (Å²) in [5.74, 6) is -0.966. The largest absolute Gasteiger partial charge is 0.350 e. The van der Waals surface area contributed by atoms with Crippen LogP contribution in [0.3, 0.4) is 0 Å². The van der Waals surface area contributed by atoms with Crippen molar-refractivity contribution in [2.75, 3.05) is 6.54 Å². The minimum Gasteiger partial charge on any atom is -0.350 e. The fraction of sp³-hybridized carbons (Fsp3) is 0.235. The van der Waals surface area contributed by atoms with Crippen LogP contribution in [0.2, 0.25) is 10.0 Å². The summed E-state index contributed by atoms with van der Waals surface area (Å²) in [6, 6.07) is 7.80. The molecule has 1 fully saturated rings. The van der Waals surface area contributed by atoms with Crippen LogP contribution in [0.5, 0.6) is 0 Å². The van der Waals surface area contributed by atoms with Crippen LogP contribution in [0.1, 0.15) is 17.4 Å². The lowest BCUT2D eigenvalue weighted by Crippen LogP contribution is -2.43. The molecule has 6 nitrogen and oxygen atoms in total. The van der Waals surface area contributed by atoms with E-state index in [9.17, 15) is 14.4 Å². The van der Waals surface area contributed by atoms with Crippen LogP contribution in [0.15, 0.2) is 35.7 Å². The molecular formula is C17H15Cl2N3O3S. The average Bonchev–Trinajstić information content (AvgIpc) is 3.16. The topological polar surface area (TPSA) is 78.5 Å². The number of urea groups is 1. The van der Waals surface area contributed by atoms with E-state index in [2.05, 4.69) is 10.6 Å². The quantitative estimate of drug-likeness (QED) is 0.741. The zero-order valence-corrected chi connectivity index (χ0v) is 16.0. The lowest BCUT2D eigenvalue weighted by atomic mass is 9.92. The van der Waals surface area contributed by atoms with Gasteiger partial charge in [-0.25, -0.2) is 4.79 Å². The molecular weight excluding hydrogens is 397 g/mol. The van der Waals surface area contributed by atoms with Crippen molar-refractivity contribution in [2.24, 2.45) is 0 Å². The molecule has 0 aliphatic carbocycles. The number of nitrogens with one attached hydrogen (secondary N) is 2. The number of carbonyl (C=O) groups excluding carboxylic acids is 3. The molecule has 0 spiro atoms. The maximum atomic E-state index is 12.8. The van der Waals surface area contributed by atoms with Crippen LogP contribution < -0.4 is 10.6 Å². The molecule has 0 radical (unpaired) electrons. The van der Waals surface area contributed by atoms with Gasteiger partial charge in [0.15, 0.2) is 0 Å². The van der Waals surface area contributed by atoms with Crippen molar-refractivity contribution in [1.29, 1.82) is 0 Å². The van der Waals surface area contributed by atoms with Gasteiger partial charge in [-0.2, -0.15) is 0 Å². The maximum Gasteiger partial charge on any atom is 0.325 e. The zero-order chi connectivity index (χ0) is 18.9. The molecule has 1 aromatic heterocycles. The molecule has 0 unspecified atom stereocenters. The predicted octanol–water partition coefficient (Wildman–Crippen LogP) is 3.14. The van der Waals surface area contributed by atoms with Gasteiger partial charge >= 0.3 is 6.03 Å². The van der Waals surface area contributed by atoms with E-state index >= 15 is 0 Å². The highest BCUT2D eigenvalue weighted by Crippen LogP contribution is 2.34. The van der Waals surface area contributed by atoms with Crippen molar-refractivity contribution in [1.82, 2.24) is 15.5 Å². The summed E-state index contributed by atoms with van der Waals surface area (Å²) in [6.45, 7) is 1.53. The van der Waals surface area contributed by atoms with E-state index in [4.69, 9.17) is 23.2 Å². The van der Waals surface area contributed by atoms with Crippen LogP contribution >= 0.6 is 34.5 Å². The molecule has 0 saturated carbocycles. The maximum absolute atomic E-state index is 12.8. The van der Waals surface area contributed by atoms with E-state index in [-0.39, 0.29) is 11.6 Å². The summed E-state index contributed by atoms with van der Waals surface area (Å²) >= 11 is 13.6. The lowest BCUT2D eigenvalue weighted by molar-refractivity contribution is -0.134. The van der Waals surface area contributed by atoms with Crippen LogP contribution in [0.25, 0.3) is 0 Å². The summed E-state index contributed by atoms with van der Waals surface area (Å²) < 4.78 is 0. The Balaban J connectivity index is 1.72. The number of hydrogen-bond donors (Lipinski definition) is 2. The van der Waals surface area contributed by atoms with Gasteiger partial charge in [-0.05, 0) is 30.5 Å². The van der Waals surface area contributed by atoms with E-state index < -0.39 is 23.4 Å². The normalized spacial score (nSPS) is 19.6. The Hall–Kier alpha value is -2.09. The van der Waals surface area contributed by atoms with Crippen LogP contribution in [0.4, 0.5) is 4.79 Å². The van der Waals surface area contributed by atoms with Crippen LogP contribution in [-0.4, -0.2) is 29.3 Å². The molecule has 4 amide bonds. The minimum absolute atomic E-state index is 0.262. The Morgan fingerprint density at radius 3 is 2.73 bits per heavy atom. The zero-order valence-electron chi connectivity index (χ0n) is 13.7. The number of imide groups is 1. The molecule has 1 aromatic carbocycles. The van der Waals surface area contributed by atoms with Crippen molar-refractivity contribution in [3.8, 4) is 0 Å².